The monoisotopic (exact) mass is 387 g/mol. The van der Waals surface area contributed by atoms with Crippen molar-refractivity contribution >= 4 is 11.9 Å². The molecule has 4 heterocycles. The van der Waals surface area contributed by atoms with Gasteiger partial charge in [-0.15, -0.1) is 0 Å². The second kappa shape index (κ2) is 7.01. The van der Waals surface area contributed by atoms with E-state index in [0.717, 1.165) is 38.0 Å². The number of amides is 1. The van der Waals surface area contributed by atoms with Crippen LogP contribution in [0.25, 0.3) is 0 Å². The van der Waals surface area contributed by atoms with Gasteiger partial charge in [0.25, 0.3) is 0 Å². The minimum absolute atomic E-state index is 0.303. The van der Waals surface area contributed by atoms with Gasteiger partial charge in [0.15, 0.2) is 5.82 Å². The normalized spacial score (nSPS) is 37.0. The first kappa shape index (κ1) is 18.4. The van der Waals surface area contributed by atoms with Crippen LogP contribution < -0.4 is 4.90 Å². The number of likely N-dealkylation sites (tertiary alicyclic amines) is 1. The average Bonchev–Trinajstić information content (AvgIpc) is 3.00. The lowest BCUT2D eigenvalue weighted by Crippen LogP contribution is -2.57. The van der Waals surface area contributed by atoms with Crippen LogP contribution in [0, 0.1) is 24.7 Å². The highest BCUT2D eigenvalue weighted by molar-refractivity contribution is 5.82. The van der Waals surface area contributed by atoms with Crippen LogP contribution in [0.3, 0.4) is 0 Å². The number of rotatable bonds is 5. The van der Waals surface area contributed by atoms with Crippen LogP contribution in [0.4, 0.5) is 6.01 Å². The zero-order chi connectivity index (χ0) is 19.4. The average molecular weight is 388 g/mol. The molecule has 7 nitrogen and oxygen atoms in total. The van der Waals surface area contributed by atoms with E-state index < -0.39 is 0 Å². The van der Waals surface area contributed by atoms with E-state index in [1.807, 2.05) is 11.8 Å². The molecule has 2 bridgehead atoms. The number of hydrogen-bond acceptors (Lipinski definition) is 6. The van der Waals surface area contributed by atoms with Crippen LogP contribution >= 0.6 is 0 Å². The van der Waals surface area contributed by atoms with Gasteiger partial charge in [-0.2, -0.15) is 4.98 Å². The van der Waals surface area contributed by atoms with Gasteiger partial charge in [0.1, 0.15) is 0 Å². The van der Waals surface area contributed by atoms with Crippen molar-refractivity contribution in [2.45, 2.75) is 71.0 Å². The molecule has 1 aromatic heterocycles. The molecule has 1 amide bonds. The van der Waals surface area contributed by atoms with Gasteiger partial charge in [-0.1, -0.05) is 5.16 Å². The Morgan fingerprint density at radius 2 is 1.75 bits per heavy atom. The lowest BCUT2D eigenvalue weighted by molar-refractivity contribution is -0.133. The molecule has 3 saturated heterocycles. The molecular weight excluding hydrogens is 354 g/mol. The Kier molecular flexibility index (Phi) is 4.61. The highest BCUT2D eigenvalue weighted by Crippen LogP contribution is 2.54. The molecule has 4 aliphatic rings. The number of carbonyl (C=O) groups excluding carboxylic acids is 1. The molecule has 0 spiro atoms. The van der Waals surface area contributed by atoms with Crippen LogP contribution in [0.2, 0.25) is 0 Å². The quantitative estimate of drug-likeness (QED) is 0.772. The number of aryl methyl sites for hydroxylation is 1. The van der Waals surface area contributed by atoms with Crippen molar-refractivity contribution in [3.8, 4) is 0 Å². The SMILES string of the molecule is CCN(CC)C(=O)[C@@H]1[C@@H]2CN(C3CC4CCCC(C3)N4c3nc(C)no3)C[C@@H]21. The van der Waals surface area contributed by atoms with Crippen LogP contribution in [-0.4, -0.2) is 70.2 Å². The predicted octanol–water partition coefficient (Wildman–Crippen LogP) is 2.31. The van der Waals surface area contributed by atoms with E-state index in [-0.39, 0.29) is 0 Å². The maximum absolute atomic E-state index is 12.7. The zero-order valence-electron chi connectivity index (χ0n) is 17.4. The molecule has 1 aromatic rings. The molecule has 0 aromatic carbocycles. The first-order valence-corrected chi connectivity index (χ1v) is 11.2. The maximum atomic E-state index is 12.7. The number of carbonyl (C=O) groups is 1. The van der Waals surface area contributed by atoms with Gasteiger partial charge in [0.05, 0.1) is 0 Å². The van der Waals surface area contributed by atoms with Crippen molar-refractivity contribution in [1.29, 1.82) is 0 Å². The molecule has 3 aliphatic heterocycles. The van der Waals surface area contributed by atoms with Gasteiger partial charge in [-0.25, -0.2) is 0 Å². The van der Waals surface area contributed by atoms with Crippen LogP contribution in [0.5, 0.6) is 0 Å². The van der Waals surface area contributed by atoms with E-state index in [9.17, 15) is 4.79 Å². The Bertz CT molecular complexity index is 706. The lowest BCUT2D eigenvalue weighted by Gasteiger charge is -2.50. The highest BCUT2D eigenvalue weighted by atomic mass is 16.5. The molecule has 4 fully saturated rings. The van der Waals surface area contributed by atoms with E-state index in [1.165, 1.54) is 32.1 Å². The van der Waals surface area contributed by atoms with E-state index in [1.54, 1.807) is 0 Å². The Balaban J connectivity index is 1.22. The fourth-order valence-electron chi connectivity index (χ4n) is 6.32. The largest absolute Gasteiger partial charge is 0.343 e. The number of aromatic nitrogens is 2. The maximum Gasteiger partial charge on any atom is 0.324 e. The van der Waals surface area contributed by atoms with Crippen molar-refractivity contribution in [2.24, 2.45) is 17.8 Å². The number of anilines is 1. The molecule has 0 radical (unpaired) electrons. The first-order valence-electron chi connectivity index (χ1n) is 11.2. The molecule has 5 rings (SSSR count). The predicted molar refractivity (Wildman–Crippen MR) is 106 cm³/mol. The zero-order valence-corrected chi connectivity index (χ0v) is 17.4. The molecule has 7 heteroatoms. The van der Waals surface area contributed by atoms with Crippen LogP contribution in [0.1, 0.15) is 51.8 Å². The second-order valence-corrected chi connectivity index (χ2v) is 9.21. The highest BCUT2D eigenvalue weighted by Gasteiger charge is 2.61. The first-order chi connectivity index (χ1) is 13.6. The molecular formula is C21H33N5O2. The van der Waals surface area contributed by atoms with Crippen molar-refractivity contribution in [2.75, 3.05) is 31.1 Å². The summed E-state index contributed by atoms with van der Waals surface area (Å²) in [5, 5.41) is 4.01. The Morgan fingerprint density at radius 1 is 1.11 bits per heavy atom. The van der Waals surface area contributed by atoms with Gasteiger partial charge < -0.3 is 14.3 Å². The minimum Gasteiger partial charge on any atom is -0.343 e. The van der Waals surface area contributed by atoms with E-state index in [0.29, 0.717) is 41.8 Å². The summed E-state index contributed by atoms with van der Waals surface area (Å²) in [7, 11) is 0. The number of hydrogen-bond donors (Lipinski definition) is 0. The fourth-order valence-corrected chi connectivity index (χ4v) is 6.32. The minimum atomic E-state index is 0.303. The lowest BCUT2D eigenvalue weighted by atomic mass is 9.81. The topological polar surface area (TPSA) is 65.7 Å². The van der Waals surface area contributed by atoms with Crippen molar-refractivity contribution in [3.05, 3.63) is 5.82 Å². The van der Waals surface area contributed by atoms with E-state index >= 15 is 0 Å². The summed E-state index contributed by atoms with van der Waals surface area (Å²) < 4.78 is 5.52. The summed E-state index contributed by atoms with van der Waals surface area (Å²) >= 11 is 0. The third-order valence-electron chi connectivity index (χ3n) is 7.79. The summed E-state index contributed by atoms with van der Waals surface area (Å²) in [6.07, 6.45) is 6.12. The van der Waals surface area contributed by atoms with E-state index in [2.05, 4.69) is 33.8 Å². The Morgan fingerprint density at radius 3 is 2.29 bits per heavy atom. The molecule has 154 valence electrons. The number of piperidine rings is 3. The molecule has 1 saturated carbocycles. The van der Waals surface area contributed by atoms with Gasteiger partial charge in [0, 0.05) is 50.2 Å². The third kappa shape index (κ3) is 2.93. The van der Waals surface area contributed by atoms with Gasteiger partial charge >= 0.3 is 6.01 Å². The standard InChI is InChI=1S/C21H33N5O2/c1-4-24(5-2)20(27)19-17-11-25(12-18(17)19)16-9-14-7-6-8-15(10-16)26(14)21-22-13(3)23-28-21/h14-19H,4-12H2,1-3H3/t14?,15?,16?,17-,18+,19-. The number of fused-ring (bicyclic) bond motifs is 3. The van der Waals surface area contributed by atoms with Gasteiger partial charge in [-0.3, -0.25) is 9.69 Å². The summed E-state index contributed by atoms with van der Waals surface area (Å²) in [6, 6.07) is 2.40. The van der Waals surface area contributed by atoms with Gasteiger partial charge in [0.2, 0.25) is 5.91 Å². The molecule has 1 aliphatic carbocycles. The summed E-state index contributed by atoms with van der Waals surface area (Å²) in [5.74, 6) is 2.63. The summed E-state index contributed by atoms with van der Waals surface area (Å²) in [5.41, 5.74) is 0. The smallest absolute Gasteiger partial charge is 0.324 e. The van der Waals surface area contributed by atoms with E-state index in [4.69, 9.17) is 4.52 Å². The molecule has 0 N–H and O–H groups in total. The van der Waals surface area contributed by atoms with Gasteiger partial charge in [-0.05, 0) is 64.7 Å². The molecule has 28 heavy (non-hydrogen) atoms. The Hall–Kier alpha value is -1.63. The van der Waals surface area contributed by atoms with Crippen molar-refractivity contribution in [1.82, 2.24) is 19.9 Å². The third-order valence-corrected chi connectivity index (χ3v) is 7.79. The molecule has 2 unspecified atom stereocenters. The Labute approximate surface area is 167 Å². The number of nitrogens with zero attached hydrogens (tertiary/aromatic N) is 5. The van der Waals surface area contributed by atoms with Crippen LogP contribution in [-0.2, 0) is 4.79 Å². The van der Waals surface area contributed by atoms with Crippen LogP contribution in [0.15, 0.2) is 4.52 Å². The summed E-state index contributed by atoms with van der Waals surface area (Å²) in [4.78, 5) is 24.3. The second-order valence-electron chi connectivity index (χ2n) is 9.21. The van der Waals surface area contributed by atoms with Crippen molar-refractivity contribution in [3.63, 3.8) is 0 Å². The molecule has 5 atom stereocenters. The van der Waals surface area contributed by atoms with Crippen molar-refractivity contribution < 1.29 is 9.32 Å². The summed E-state index contributed by atoms with van der Waals surface area (Å²) in [6.45, 7) is 9.98. The fraction of sp³-hybridized carbons (Fsp3) is 0.857.